The highest BCUT2D eigenvalue weighted by Crippen LogP contribution is 2.40. The molecule has 1 aliphatic rings. The summed E-state index contributed by atoms with van der Waals surface area (Å²) in [4.78, 5) is 16.6. The number of phosphoric acid groups is 1. The Labute approximate surface area is 58.1 Å². The van der Waals surface area contributed by atoms with Crippen LogP contribution in [0.15, 0.2) is 24.0 Å². The third-order valence-corrected chi connectivity index (χ3v) is 1.45. The van der Waals surface area contributed by atoms with E-state index in [-0.39, 0.29) is 0 Å². The summed E-state index contributed by atoms with van der Waals surface area (Å²) in [7, 11) is -4.32. The first-order chi connectivity index (χ1) is 4.58. The summed E-state index contributed by atoms with van der Waals surface area (Å²) in [5.41, 5.74) is 0. The molecule has 0 atom stereocenters. The molecule has 4 nitrogen and oxygen atoms in total. The average molecular weight is 162 g/mol. The van der Waals surface area contributed by atoms with Gasteiger partial charge in [0.15, 0.2) is 0 Å². The smallest absolute Gasteiger partial charge is 0.408 e. The molecule has 0 amide bonds. The summed E-state index contributed by atoms with van der Waals surface area (Å²) >= 11 is 0. The second kappa shape index (κ2) is 2.58. The third-order valence-electron chi connectivity index (χ3n) is 0.973. The molecule has 1 aliphatic carbocycles. The zero-order valence-electron chi connectivity index (χ0n) is 5.10. The average Bonchev–Trinajstić information content (AvgIpc) is 2.12. The summed E-state index contributed by atoms with van der Waals surface area (Å²) in [5.74, 6) is 0.313. The van der Waals surface area contributed by atoms with Crippen molar-refractivity contribution in [2.75, 3.05) is 0 Å². The van der Waals surface area contributed by atoms with Gasteiger partial charge in [0, 0.05) is 6.42 Å². The van der Waals surface area contributed by atoms with Crippen molar-refractivity contribution >= 4 is 7.82 Å². The van der Waals surface area contributed by atoms with E-state index in [0.717, 1.165) is 0 Å². The van der Waals surface area contributed by atoms with E-state index < -0.39 is 7.82 Å². The van der Waals surface area contributed by atoms with Gasteiger partial charge in [-0.1, -0.05) is 12.2 Å². The molecule has 56 valence electrons. The molecule has 0 aliphatic heterocycles. The molecule has 0 unspecified atom stereocenters. The third kappa shape index (κ3) is 2.35. The number of hydrogen-bond donors (Lipinski definition) is 2. The van der Waals surface area contributed by atoms with Crippen molar-refractivity contribution in [1.82, 2.24) is 0 Å². The van der Waals surface area contributed by atoms with Gasteiger partial charge in [0.1, 0.15) is 5.76 Å². The fraction of sp³-hybridized carbons (Fsp3) is 0.200. The minimum absolute atomic E-state index is 0.313. The second-order valence-electron chi connectivity index (χ2n) is 1.85. The van der Waals surface area contributed by atoms with Crippen LogP contribution >= 0.6 is 7.82 Å². The number of allylic oxidation sites excluding steroid dienone is 3. The van der Waals surface area contributed by atoms with Crippen LogP contribution in [0.1, 0.15) is 6.42 Å². The Morgan fingerprint density at radius 2 is 2.30 bits per heavy atom. The summed E-state index contributed by atoms with van der Waals surface area (Å²) in [5, 5.41) is 0. The van der Waals surface area contributed by atoms with Crippen molar-refractivity contribution in [1.29, 1.82) is 0 Å². The van der Waals surface area contributed by atoms with E-state index in [1.54, 1.807) is 12.2 Å². The van der Waals surface area contributed by atoms with E-state index >= 15 is 0 Å². The lowest BCUT2D eigenvalue weighted by molar-refractivity contribution is 0.240. The number of hydrogen-bond acceptors (Lipinski definition) is 2. The predicted octanol–water partition coefficient (Wildman–Crippen LogP) is 0.940. The molecule has 0 heterocycles. The molecule has 1 rings (SSSR count). The molecule has 0 radical (unpaired) electrons. The molecule has 5 heteroatoms. The standard InChI is InChI=1S/C5H7O4P/c6-10(7,8)9-5-3-1-2-4-5/h1-3H,4H2,(H2,6,7,8). The van der Waals surface area contributed by atoms with E-state index in [1.807, 2.05) is 0 Å². The van der Waals surface area contributed by atoms with Crippen LogP contribution < -0.4 is 0 Å². The van der Waals surface area contributed by atoms with Gasteiger partial charge < -0.3 is 4.52 Å². The molecular weight excluding hydrogens is 155 g/mol. The Morgan fingerprint density at radius 3 is 2.70 bits per heavy atom. The highest BCUT2D eigenvalue weighted by molar-refractivity contribution is 7.46. The van der Waals surface area contributed by atoms with Gasteiger partial charge in [-0.2, -0.15) is 0 Å². The zero-order chi connectivity index (χ0) is 7.61. The van der Waals surface area contributed by atoms with Crippen molar-refractivity contribution in [3.05, 3.63) is 24.0 Å². The van der Waals surface area contributed by atoms with Crippen molar-refractivity contribution < 1.29 is 18.9 Å². The van der Waals surface area contributed by atoms with E-state index in [9.17, 15) is 4.57 Å². The van der Waals surface area contributed by atoms with Gasteiger partial charge in [0.2, 0.25) is 0 Å². The largest absolute Gasteiger partial charge is 0.524 e. The van der Waals surface area contributed by atoms with Crippen LogP contribution in [-0.2, 0) is 9.09 Å². The molecule has 0 bridgehead atoms. The van der Waals surface area contributed by atoms with Gasteiger partial charge in [-0.05, 0) is 6.08 Å². The summed E-state index contributed by atoms with van der Waals surface area (Å²) < 4.78 is 14.5. The van der Waals surface area contributed by atoms with E-state index in [1.165, 1.54) is 6.08 Å². The van der Waals surface area contributed by atoms with E-state index in [4.69, 9.17) is 9.79 Å². The zero-order valence-corrected chi connectivity index (χ0v) is 5.99. The fourth-order valence-corrected chi connectivity index (χ4v) is 1.09. The van der Waals surface area contributed by atoms with Crippen LogP contribution in [-0.4, -0.2) is 9.79 Å². The van der Waals surface area contributed by atoms with Crippen molar-refractivity contribution in [3.8, 4) is 0 Å². The topological polar surface area (TPSA) is 66.8 Å². The molecule has 0 aromatic rings. The van der Waals surface area contributed by atoms with Crippen LogP contribution in [0.2, 0.25) is 0 Å². The SMILES string of the molecule is O=P(O)(O)OC1=CC=CC1. The molecule has 0 spiro atoms. The lowest BCUT2D eigenvalue weighted by Crippen LogP contribution is -1.85. The molecular formula is C5H7O4P. The van der Waals surface area contributed by atoms with Crippen LogP contribution in [0.3, 0.4) is 0 Å². The monoisotopic (exact) mass is 162 g/mol. The van der Waals surface area contributed by atoms with Crippen LogP contribution in [0, 0.1) is 0 Å². The summed E-state index contributed by atoms with van der Waals surface area (Å²) in [6, 6.07) is 0. The lowest BCUT2D eigenvalue weighted by Gasteiger charge is -2.05. The van der Waals surface area contributed by atoms with Gasteiger partial charge in [0.25, 0.3) is 0 Å². The fourth-order valence-electron chi connectivity index (χ4n) is 0.648. The van der Waals surface area contributed by atoms with E-state index in [2.05, 4.69) is 4.52 Å². The van der Waals surface area contributed by atoms with Crippen LogP contribution in [0.5, 0.6) is 0 Å². The first kappa shape index (κ1) is 7.54. The molecule has 2 N–H and O–H groups in total. The van der Waals surface area contributed by atoms with Gasteiger partial charge in [-0.15, -0.1) is 0 Å². The highest BCUT2D eigenvalue weighted by Gasteiger charge is 2.17. The highest BCUT2D eigenvalue weighted by atomic mass is 31.2. The maximum atomic E-state index is 10.2. The van der Waals surface area contributed by atoms with Crippen molar-refractivity contribution in [3.63, 3.8) is 0 Å². The predicted molar refractivity (Wildman–Crippen MR) is 35.0 cm³/mol. The van der Waals surface area contributed by atoms with Gasteiger partial charge in [-0.3, -0.25) is 9.79 Å². The van der Waals surface area contributed by atoms with Crippen LogP contribution in [0.4, 0.5) is 0 Å². The summed E-state index contributed by atoms with van der Waals surface area (Å²) in [6.07, 6.45) is 5.43. The van der Waals surface area contributed by atoms with Crippen molar-refractivity contribution in [2.24, 2.45) is 0 Å². The maximum Gasteiger partial charge on any atom is 0.524 e. The van der Waals surface area contributed by atoms with Crippen LogP contribution in [0.25, 0.3) is 0 Å². The number of phosphoric ester groups is 1. The molecule has 10 heavy (non-hydrogen) atoms. The quantitative estimate of drug-likeness (QED) is 0.593. The Kier molecular flexibility index (Phi) is 1.94. The van der Waals surface area contributed by atoms with Gasteiger partial charge >= 0.3 is 7.82 Å². The Morgan fingerprint density at radius 1 is 1.60 bits per heavy atom. The Hall–Kier alpha value is -0.570. The Bertz CT molecular complexity index is 224. The van der Waals surface area contributed by atoms with Gasteiger partial charge in [0.05, 0.1) is 0 Å². The lowest BCUT2D eigenvalue weighted by atomic mass is 10.4. The normalized spacial score (nSPS) is 17.2. The molecule has 0 saturated heterocycles. The number of rotatable bonds is 2. The first-order valence-electron chi connectivity index (χ1n) is 2.69. The molecule has 0 saturated carbocycles. The van der Waals surface area contributed by atoms with Crippen molar-refractivity contribution in [2.45, 2.75) is 6.42 Å². The summed E-state index contributed by atoms with van der Waals surface area (Å²) in [6.45, 7) is 0. The minimum atomic E-state index is -4.32. The molecule has 0 fully saturated rings. The molecule has 0 aromatic heterocycles. The van der Waals surface area contributed by atoms with Gasteiger partial charge in [-0.25, -0.2) is 4.57 Å². The first-order valence-corrected chi connectivity index (χ1v) is 4.22. The van der Waals surface area contributed by atoms with E-state index in [0.29, 0.717) is 12.2 Å². The maximum absolute atomic E-state index is 10.2. The second-order valence-corrected chi connectivity index (χ2v) is 3.01. The Balaban J connectivity index is 2.49. The minimum Gasteiger partial charge on any atom is -0.408 e. The molecule has 0 aromatic carbocycles.